The molecule has 94 valence electrons. The minimum atomic E-state index is -0.146. The second-order valence-corrected chi connectivity index (χ2v) is 4.79. The average Bonchev–Trinajstić information content (AvgIpc) is 2.36. The van der Waals surface area contributed by atoms with Crippen molar-refractivity contribution in [2.45, 2.75) is 19.9 Å². The van der Waals surface area contributed by atoms with Gasteiger partial charge in [0.15, 0.2) is 10.9 Å². The van der Waals surface area contributed by atoms with Gasteiger partial charge in [-0.1, -0.05) is 30.3 Å². The van der Waals surface area contributed by atoms with Crippen molar-refractivity contribution >= 4 is 23.1 Å². The lowest BCUT2D eigenvalue weighted by atomic mass is 9.93. The Balaban J connectivity index is 2.53. The first-order valence-corrected chi connectivity index (χ1v) is 6.24. The number of benzene rings is 1. The first-order valence-electron chi connectivity index (χ1n) is 5.83. The van der Waals surface area contributed by atoms with Crippen LogP contribution in [-0.4, -0.2) is 22.8 Å². The molecule has 0 saturated heterocycles. The van der Waals surface area contributed by atoms with Crippen LogP contribution in [0.5, 0.6) is 0 Å². The Morgan fingerprint density at radius 2 is 1.94 bits per heavy atom. The summed E-state index contributed by atoms with van der Waals surface area (Å²) in [7, 11) is 1.87. The number of Topliss-reactive ketones (excluding diaryl/α,β-unsaturated/α-hetero) is 1. The van der Waals surface area contributed by atoms with E-state index < -0.39 is 0 Å². The fourth-order valence-electron chi connectivity index (χ4n) is 2.19. The Kier molecular flexibility index (Phi) is 3.48. The number of thiocarbonyl (C=S) groups is 1. The highest BCUT2D eigenvalue weighted by Gasteiger charge is 2.30. The molecule has 0 saturated carbocycles. The molecule has 0 spiro atoms. The molecule has 2 rings (SSSR count). The van der Waals surface area contributed by atoms with Crippen LogP contribution in [0.4, 0.5) is 0 Å². The van der Waals surface area contributed by atoms with E-state index in [9.17, 15) is 4.79 Å². The number of nitrogens with zero attached hydrogens (tertiary/aromatic N) is 1. The van der Waals surface area contributed by atoms with Crippen molar-refractivity contribution in [1.29, 1.82) is 0 Å². The summed E-state index contributed by atoms with van der Waals surface area (Å²) < 4.78 is 0. The zero-order chi connectivity index (χ0) is 13.3. The van der Waals surface area contributed by atoms with E-state index >= 15 is 0 Å². The van der Waals surface area contributed by atoms with Crippen LogP contribution in [-0.2, 0) is 4.79 Å². The number of carbonyl (C=O) groups is 1. The third-order valence-corrected chi connectivity index (χ3v) is 3.66. The fourth-order valence-corrected chi connectivity index (χ4v) is 2.44. The van der Waals surface area contributed by atoms with E-state index in [1.54, 1.807) is 6.92 Å². The van der Waals surface area contributed by atoms with Crippen LogP contribution in [0, 0.1) is 0 Å². The lowest BCUT2D eigenvalue weighted by Gasteiger charge is -2.35. The van der Waals surface area contributed by atoms with Gasteiger partial charge in [0.1, 0.15) is 0 Å². The third kappa shape index (κ3) is 2.16. The van der Waals surface area contributed by atoms with Crippen molar-refractivity contribution in [3.05, 3.63) is 47.2 Å². The Bertz CT molecular complexity index is 522. The van der Waals surface area contributed by atoms with Gasteiger partial charge in [-0.2, -0.15) is 0 Å². The zero-order valence-electron chi connectivity index (χ0n) is 10.7. The van der Waals surface area contributed by atoms with Gasteiger partial charge in [-0.05, 0) is 31.6 Å². The molecule has 3 nitrogen and oxygen atoms in total. The molecular weight excluding hydrogens is 244 g/mol. The van der Waals surface area contributed by atoms with Crippen molar-refractivity contribution in [2.75, 3.05) is 7.05 Å². The van der Waals surface area contributed by atoms with Crippen molar-refractivity contribution in [3.8, 4) is 0 Å². The highest BCUT2D eigenvalue weighted by molar-refractivity contribution is 7.80. The minimum absolute atomic E-state index is 0.0724. The summed E-state index contributed by atoms with van der Waals surface area (Å²) in [5.41, 5.74) is 2.75. The van der Waals surface area contributed by atoms with Crippen LogP contribution in [0.2, 0.25) is 0 Å². The van der Waals surface area contributed by atoms with Crippen molar-refractivity contribution < 1.29 is 4.79 Å². The van der Waals surface area contributed by atoms with Gasteiger partial charge in [0.05, 0.1) is 6.04 Å². The molecule has 1 N–H and O–H groups in total. The summed E-state index contributed by atoms with van der Waals surface area (Å²) >= 11 is 5.29. The standard InChI is InChI=1S/C14H16N2OS/c1-9-12(10(2)17)13(15-14(18)16(9)3)11-7-5-4-6-8-11/h4-8,13H,1-3H3,(H,15,18)/t13-/m0/s1. The van der Waals surface area contributed by atoms with Gasteiger partial charge < -0.3 is 10.2 Å². The molecule has 1 heterocycles. The highest BCUT2D eigenvalue weighted by atomic mass is 32.1. The molecule has 0 fully saturated rings. The molecule has 0 unspecified atom stereocenters. The number of ketones is 1. The first kappa shape index (κ1) is 12.8. The van der Waals surface area contributed by atoms with Gasteiger partial charge in [0.2, 0.25) is 0 Å². The molecule has 0 amide bonds. The Hall–Kier alpha value is -1.68. The van der Waals surface area contributed by atoms with Crippen LogP contribution >= 0.6 is 12.2 Å². The molecule has 1 aliphatic rings. The second kappa shape index (κ2) is 4.90. The molecule has 1 aromatic rings. The molecule has 0 bridgehead atoms. The quantitative estimate of drug-likeness (QED) is 0.828. The summed E-state index contributed by atoms with van der Waals surface area (Å²) in [6.45, 7) is 3.53. The molecule has 0 aliphatic carbocycles. The maximum absolute atomic E-state index is 11.9. The number of hydrogen-bond acceptors (Lipinski definition) is 2. The van der Waals surface area contributed by atoms with Gasteiger partial charge in [-0.15, -0.1) is 0 Å². The smallest absolute Gasteiger partial charge is 0.173 e. The van der Waals surface area contributed by atoms with Crippen molar-refractivity contribution in [1.82, 2.24) is 10.2 Å². The third-order valence-electron chi connectivity index (χ3n) is 3.27. The van der Waals surface area contributed by atoms with Gasteiger partial charge in [-0.25, -0.2) is 0 Å². The van der Waals surface area contributed by atoms with E-state index in [2.05, 4.69) is 5.32 Å². The molecule has 0 aromatic heterocycles. The van der Waals surface area contributed by atoms with Crippen LogP contribution < -0.4 is 5.32 Å². The summed E-state index contributed by atoms with van der Waals surface area (Å²) in [6, 6.07) is 9.74. The molecule has 18 heavy (non-hydrogen) atoms. The monoisotopic (exact) mass is 260 g/mol. The lowest BCUT2D eigenvalue weighted by molar-refractivity contribution is -0.114. The van der Waals surface area contributed by atoms with Crippen LogP contribution in [0.3, 0.4) is 0 Å². The number of nitrogens with one attached hydrogen (secondary N) is 1. The van der Waals surface area contributed by atoms with Gasteiger partial charge in [0.25, 0.3) is 0 Å². The predicted octanol–water partition coefficient (Wildman–Crippen LogP) is 2.41. The largest absolute Gasteiger partial charge is 0.351 e. The summed E-state index contributed by atoms with van der Waals surface area (Å²) in [5, 5.41) is 3.87. The maximum atomic E-state index is 11.9. The molecule has 1 aromatic carbocycles. The van der Waals surface area contributed by atoms with E-state index in [4.69, 9.17) is 12.2 Å². The van der Waals surface area contributed by atoms with Gasteiger partial charge in [0, 0.05) is 18.3 Å². The fraction of sp³-hybridized carbons (Fsp3) is 0.286. The molecule has 1 aliphatic heterocycles. The van der Waals surface area contributed by atoms with Crippen molar-refractivity contribution in [2.24, 2.45) is 0 Å². The molecule has 4 heteroatoms. The molecule has 1 atom stereocenters. The Morgan fingerprint density at radius 1 is 1.33 bits per heavy atom. The second-order valence-electron chi connectivity index (χ2n) is 4.41. The number of rotatable bonds is 2. The normalized spacial score (nSPS) is 19.8. The van der Waals surface area contributed by atoms with Gasteiger partial charge in [-0.3, -0.25) is 4.79 Å². The first-order chi connectivity index (χ1) is 8.52. The van der Waals surface area contributed by atoms with Crippen LogP contribution in [0.15, 0.2) is 41.6 Å². The zero-order valence-corrected chi connectivity index (χ0v) is 11.5. The number of allylic oxidation sites excluding steroid dienone is 1. The molecule has 0 radical (unpaired) electrons. The topological polar surface area (TPSA) is 32.3 Å². The number of hydrogen-bond donors (Lipinski definition) is 1. The summed E-state index contributed by atoms with van der Waals surface area (Å²) in [5.74, 6) is 0.0724. The van der Waals surface area contributed by atoms with Crippen molar-refractivity contribution in [3.63, 3.8) is 0 Å². The van der Waals surface area contributed by atoms with E-state index in [0.717, 1.165) is 16.8 Å². The predicted molar refractivity (Wildman–Crippen MR) is 76.1 cm³/mol. The van der Waals surface area contributed by atoms with Gasteiger partial charge >= 0.3 is 0 Å². The minimum Gasteiger partial charge on any atom is -0.351 e. The highest BCUT2D eigenvalue weighted by Crippen LogP contribution is 2.29. The maximum Gasteiger partial charge on any atom is 0.173 e. The summed E-state index contributed by atoms with van der Waals surface area (Å²) in [6.07, 6.45) is 0. The van der Waals surface area contributed by atoms with E-state index in [-0.39, 0.29) is 11.8 Å². The summed E-state index contributed by atoms with van der Waals surface area (Å²) in [4.78, 5) is 13.7. The van der Waals surface area contributed by atoms with E-state index in [1.165, 1.54) is 0 Å². The lowest BCUT2D eigenvalue weighted by Crippen LogP contribution is -2.45. The Labute approximate surface area is 112 Å². The van der Waals surface area contributed by atoms with E-state index in [0.29, 0.717) is 5.11 Å². The van der Waals surface area contributed by atoms with E-state index in [1.807, 2.05) is 49.2 Å². The SMILES string of the molecule is CC(=O)C1=C(C)N(C)C(=S)N[C@H]1c1ccccc1. The average molecular weight is 260 g/mol. The van der Waals surface area contributed by atoms with Crippen LogP contribution in [0.25, 0.3) is 0 Å². The Morgan fingerprint density at radius 3 is 2.50 bits per heavy atom. The number of carbonyl (C=O) groups excluding carboxylic acids is 1. The molecular formula is C14H16N2OS. The van der Waals surface area contributed by atoms with Crippen LogP contribution in [0.1, 0.15) is 25.5 Å².